The minimum Gasteiger partial charge on any atom is -0.268 e. The highest BCUT2D eigenvalue weighted by molar-refractivity contribution is 9.10. The van der Waals surface area contributed by atoms with Gasteiger partial charge in [0, 0.05) is 9.35 Å². The van der Waals surface area contributed by atoms with Crippen molar-refractivity contribution in [3.05, 3.63) is 49.8 Å². The maximum absolute atomic E-state index is 12.7. The van der Waals surface area contributed by atoms with Crippen LogP contribution >= 0.6 is 27.3 Å². The molecule has 0 spiro atoms. The molecule has 2 amide bonds. The van der Waals surface area contributed by atoms with Crippen molar-refractivity contribution in [1.82, 2.24) is 0 Å². The molecule has 0 radical (unpaired) electrons. The molecule has 6 heteroatoms. The number of anilines is 1. The summed E-state index contributed by atoms with van der Waals surface area (Å²) in [4.78, 5) is 27.7. The first-order valence-corrected chi connectivity index (χ1v) is 8.95. The number of rotatable bonds is 1. The maximum atomic E-state index is 12.7. The maximum Gasteiger partial charge on any atom is 0.266 e. The van der Waals surface area contributed by atoms with Crippen LogP contribution in [0.15, 0.2) is 22.7 Å². The number of aryl methyl sites for hydroxylation is 1. The molecule has 0 atom stereocenters. The summed E-state index contributed by atoms with van der Waals surface area (Å²) in [5.41, 5.74) is 2.31. The fourth-order valence-electron chi connectivity index (χ4n) is 3.22. The first-order valence-electron chi connectivity index (χ1n) is 7.35. The number of imide groups is 1. The van der Waals surface area contributed by atoms with Gasteiger partial charge >= 0.3 is 0 Å². The van der Waals surface area contributed by atoms with Crippen LogP contribution < -0.4 is 4.90 Å². The molecule has 0 unspecified atom stereocenters. The number of fused-ring (bicyclic) bond motifs is 2. The Balaban J connectivity index is 1.87. The minimum absolute atomic E-state index is 0.340. The molecule has 114 valence electrons. The van der Waals surface area contributed by atoms with Crippen molar-refractivity contribution >= 4 is 44.1 Å². The highest BCUT2D eigenvalue weighted by atomic mass is 79.9. The van der Waals surface area contributed by atoms with E-state index in [1.165, 1.54) is 16.2 Å². The normalized spacial score (nSPS) is 16.3. The third-order valence-electron chi connectivity index (χ3n) is 4.32. The largest absolute Gasteiger partial charge is 0.268 e. The van der Waals surface area contributed by atoms with Gasteiger partial charge in [-0.15, -0.1) is 11.3 Å². The lowest BCUT2D eigenvalue weighted by Crippen LogP contribution is -2.29. The molecule has 2 heterocycles. The SMILES string of the molecule is N#Cc1c(N2C(=O)c3ccc(Br)cc3C2=O)sc2c1CCCC2. The van der Waals surface area contributed by atoms with Crippen molar-refractivity contribution in [2.75, 3.05) is 4.90 Å². The quantitative estimate of drug-likeness (QED) is 0.694. The van der Waals surface area contributed by atoms with Gasteiger partial charge in [-0.2, -0.15) is 5.26 Å². The summed E-state index contributed by atoms with van der Waals surface area (Å²) >= 11 is 4.75. The summed E-state index contributed by atoms with van der Waals surface area (Å²) < 4.78 is 0.755. The summed E-state index contributed by atoms with van der Waals surface area (Å²) in [7, 11) is 0. The van der Waals surface area contributed by atoms with E-state index in [0.29, 0.717) is 21.7 Å². The van der Waals surface area contributed by atoms with Crippen molar-refractivity contribution in [1.29, 1.82) is 5.26 Å². The Bertz CT molecular complexity index is 910. The summed E-state index contributed by atoms with van der Waals surface area (Å²) in [6, 6.07) is 7.28. The smallest absolute Gasteiger partial charge is 0.266 e. The van der Waals surface area contributed by atoms with E-state index >= 15 is 0 Å². The number of benzene rings is 1. The average Bonchev–Trinajstić information content (AvgIpc) is 3.03. The van der Waals surface area contributed by atoms with Crippen LogP contribution in [0.1, 0.15) is 49.6 Å². The predicted molar refractivity (Wildman–Crippen MR) is 91.0 cm³/mol. The fraction of sp³-hybridized carbons (Fsp3) is 0.235. The van der Waals surface area contributed by atoms with Crippen molar-refractivity contribution in [3.8, 4) is 6.07 Å². The van der Waals surface area contributed by atoms with Crippen LogP contribution in [0.5, 0.6) is 0 Å². The first-order chi connectivity index (χ1) is 11.1. The Hall–Kier alpha value is -1.97. The monoisotopic (exact) mass is 386 g/mol. The molecule has 0 N–H and O–H groups in total. The molecule has 1 aliphatic heterocycles. The van der Waals surface area contributed by atoms with Crippen molar-refractivity contribution in [2.45, 2.75) is 25.7 Å². The molecule has 4 nitrogen and oxygen atoms in total. The molecule has 4 rings (SSSR count). The van der Waals surface area contributed by atoms with E-state index in [9.17, 15) is 14.9 Å². The van der Waals surface area contributed by atoms with Gasteiger partial charge < -0.3 is 0 Å². The molecule has 1 aliphatic carbocycles. The molecular formula is C17H11BrN2O2S. The van der Waals surface area contributed by atoms with Gasteiger partial charge in [0.1, 0.15) is 11.1 Å². The molecule has 2 aliphatic rings. The van der Waals surface area contributed by atoms with E-state index in [2.05, 4.69) is 22.0 Å². The van der Waals surface area contributed by atoms with E-state index in [-0.39, 0.29) is 11.8 Å². The number of hydrogen-bond acceptors (Lipinski definition) is 4. The standard InChI is InChI=1S/C17H11BrN2O2S/c18-9-5-6-11-12(7-9)16(22)20(15(11)21)17-13(8-19)10-3-1-2-4-14(10)23-17/h5-7H,1-4H2. The van der Waals surface area contributed by atoms with Gasteiger partial charge in [0.2, 0.25) is 0 Å². The predicted octanol–water partition coefficient (Wildman–Crippen LogP) is 4.06. The number of amides is 2. The lowest BCUT2D eigenvalue weighted by Gasteiger charge is -2.12. The lowest BCUT2D eigenvalue weighted by atomic mass is 9.96. The molecule has 1 aromatic heterocycles. The van der Waals surface area contributed by atoms with E-state index in [1.54, 1.807) is 18.2 Å². The van der Waals surface area contributed by atoms with E-state index in [0.717, 1.165) is 40.6 Å². The topological polar surface area (TPSA) is 61.2 Å². The number of halogens is 1. The molecule has 0 saturated heterocycles. The highest BCUT2D eigenvalue weighted by Gasteiger charge is 2.40. The zero-order valence-electron chi connectivity index (χ0n) is 12.1. The number of carbonyl (C=O) groups excluding carboxylic acids is 2. The lowest BCUT2D eigenvalue weighted by molar-refractivity contribution is 0.0927. The first kappa shape index (κ1) is 14.6. The Morgan fingerprint density at radius 3 is 2.65 bits per heavy atom. The van der Waals surface area contributed by atoms with Crippen LogP contribution in [-0.2, 0) is 12.8 Å². The molecule has 0 bridgehead atoms. The van der Waals surface area contributed by atoms with Crippen LogP contribution in [-0.4, -0.2) is 11.8 Å². The second-order valence-electron chi connectivity index (χ2n) is 5.64. The second-order valence-corrected chi connectivity index (χ2v) is 7.64. The molecule has 0 fully saturated rings. The third-order valence-corrected chi connectivity index (χ3v) is 6.09. The zero-order valence-corrected chi connectivity index (χ0v) is 14.5. The molecular weight excluding hydrogens is 376 g/mol. The zero-order chi connectivity index (χ0) is 16.1. The Morgan fingerprint density at radius 2 is 1.87 bits per heavy atom. The highest BCUT2D eigenvalue weighted by Crippen LogP contribution is 2.42. The van der Waals surface area contributed by atoms with Gasteiger partial charge in [0.25, 0.3) is 11.8 Å². The number of nitrogens with zero attached hydrogens (tertiary/aromatic N) is 2. The summed E-state index contributed by atoms with van der Waals surface area (Å²) in [6.07, 6.45) is 3.91. The Labute approximate surface area is 145 Å². The number of hydrogen-bond donors (Lipinski definition) is 0. The van der Waals surface area contributed by atoms with Gasteiger partial charge in [-0.3, -0.25) is 9.59 Å². The molecule has 0 saturated carbocycles. The Kier molecular flexibility index (Phi) is 3.36. The molecule has 1 aromatic carbocycles. The second kappa shape index (κ2) is 5.29. The molecule has 2 aromatic rings. The van der Waals surface area contributed by atoms with E-state index < -0.39 is 0 Å². The van der Waals surface area contributed by atoms with Gasteiger partial charge in [-0.25, -0.2) is 4.90 Å². The Morgan fingerprint density at radius 1 is 1.13 bits per heavy atom. The summed E-state index contributed by atoms with van der Waals surface area (Å²) in [5, 5.41) is 10.0. The van der Waals surface area contributed by atoms with Crippen molar-refractivity contribution in [3.63, 3.8) is 0 Å². The fourth-order valence-corrected chi connectivity index (χ4v) is 4.92. The van der Waals surface area contributed by atoms with Crippen LogP contribution in [0.4, 0.5) is 5.00 Å². The summed E-state index contributed by atoms with van der Waals surface area (Å²) in [6.45, 7) is 0. The molecule has 23 heavy (non-hydrogen) atoms. The number of nitriles is 1. The van der Waals surface area contributed by atoms with E-state index in [1.807, 2.05) is 0 Å². The van der Waals surface area contributed by atoms with Crippen LogP contribution in [0, 0.1) is 11.3 Å². The van der Waals surface area contributed by atoms with Gasteiger partial charge in [-0.1, -0.05) is 15.9 Å². The van der Waals surface area contributed by atoms with Crippen molar-refractivity contribution in [2.24, 2.45) is 0 Å². The number of thiophene rings is 1. The van der Waals surface area contributed by atoms with Crippen LogP contribution in [0.2, 0.25) is 0 Å². The van der Waals surface area contributed by atoms with Crippen LogP contribution in [0.3, 0.4) is 0 Å². The minimum atomic E-state index is -0.346. The average molecular weight is 387 g/mol. The van der Waals surface area contributed by atoms with Crippen molar-refractivity contribution < 1.29 is 9.59 Å². The van der Waals surface area contributed by atoms with Crippen LogP contribution in [0.25, 0.3) is 0 Å². The third kappa shape index (κ3) is 2.07. The van der Waals surface area contributed by atoms with E-state index in [4.69, 9.17) is 0 Å². The van der Waals surface area contributed by atoms with Gasteiger partial charge in [0.15, 0.2) is 0 Å². The summed E-state index contributed by atoms with van der Waals surface area (Å²) in [5.74, 6) is -0.686. The van der Waals surface area contributed by atoms with Gasteiger partial charge in [-0.05, 0) is 49.4 Å². The van der Waals surface area contributed by atoms with Gasteiger partial charge in [0.05, 0.1) is 16.7 Å². The number of carbonyl (C=O) groups is 2.